The van der Waals surface area contributed by atoms with Gasteiger partial charge in [-0.2, -0.15) is 5.10 Å². The van der Waals surface area contributed by atoms with Gasteiger partial charge in [-0.1, -0.05) is 32.9 Å². The summed E-state index contributed by atoms with van der Waals surface area (Å²) in [5, 5.41) is 16.6. The molecule has 8 heteroatoms. The van der Waals surface area contributed by atoms with Crippen LogP contribution in [-0.4, -0.2) is 40.7 Å². The number of aryl methyl sites for hydroxylation is 1. The molecule has 4 N–H and O–H groups in total. The molecular formula is C23H29N7O. The zero-order valence-electron chi connectivity index (χ0n) is 18.4. The summed E-state index contributed by atoms with van der Waals surface area (Å²) in [5.41, 5.74) is 8.23. The van der Waals surface area contributed by atoms with Crippen LogP contribution >= 0.6 is 0 Å². The van der Waals surface area contributed by atoms with E-state index in [0.717, 1.165) is 34.5 Å². The lowest BCUT2D eigenvalue weighted by molar-refractivity contribution is 0.0949. The number of nitrogens with one attached hydrogen (secondary N) is 4. The molecule has 2 aromatic carbocycles. The van der Waals surface area contributed by atoms with Gasteiger partial charge in [-0.25, -0.2) is 10.4 Å². The van der Waals surface area contributed by atoms with Crippen molar-refractivity contribution < 1.29 is 4.79 Å². The first-order chi connectivity index (χ1) is 15.0. The first-order valence-corrected chi connectivity index (χ1v) is 10.6. The Bertz CT molecular complexity index is 1100. The Hall–Kier alpha value is -3.39. The molecular weight excluding hydrogens is 390 g/mol. The number of anilines is 1. The van der Waals surface area contributed by atoms with E-state index in [-0.39, 0.29) is 12.1 Å². The number of aromatic amines is 1. The van der Waals surface area contributed by atoms with Crippen LogP contribution in [0.25, 0.3) is 10.9 Å². The summed E-state index contributed by atoms with van der Waals surface area (Å²) in [6, 6.07) is 11.6. The van der Waals surface area contributed by atoms with Crippen molar-refractivity contribution in [3.8, 4) is 0 Å². The highest BCUT2D eigenvalue weighted by atomic mass is 16.1. The first-order valence-electron chi connectivity index (χ1n) is 10.6. The van der Waals surface area contributed by atoms with Crippen molar-refractivity contribution in [2.75, 3.05) is 18.9 Å². The number of benzene rings is 2. The van der Waals surface area contributed by atoms with Gasteiger partial charge in [0.2, 0.25) is 5.96 Å². The fourth-order valence-corrected chi connectivity index (χ4v) is 3.66. The number of guanidine groups is 1. The molecule has 0 saturated heterocycles. The van der Waals surface area contributed by atoms with Crippen molar-refractivity contribution in [2.45, 2.75) is 33.4 Å². The second-order valence-electron chi connectivity index (χ2n) is 8.17. The Morgan fingerprint density at radius 1 is 1.19 bits per heavy atom. The summed E-state index contributed by atoms with van der Waals surface area (Å²) in [4.78, 5) is 17.1. The van der Waals surface area contributed by atoms with Gasteiger partial charge in [-0.15, -0.1) is 0 Å². The molecule has 1 unspecified atom stereocenters. The topological polar surface area (TPSA) is 97.4 Å². The molecule has 1 aliphatic rings. The number of aromatic nitrogens is 2. The summed E-state index contributed by atoms with van der Waals surface area (Å²) in [7, 11) is 1.93. The molecule has 8 nitrogen and oxygen atoms in total. The van der Waals surface area contributed by atoms with Crippen molar-refractivity contribution in [3.05, 3.63) is 59.3 Å². The number of hydrazine groups is 1. The quantitative estimate of drug-likeness (QED) is 0.491. The van der Waals surface area contributed by atoms with E-state index in [1.165, 1.54) is 5.56 Å². The number of amides is 1. The third kappa shape index (κ3) is 4.39. The number of carbonyl (C=O) groups excluding carboxylic acids is 1. The molecule has 0 aliphatic carbocycles. The molecule has 1 amide bonds. The number of hydrogen-bond donors (Lipinski definition) is 4. The summed E-state index contributed by atoms with van der Waals surface area (Å²) in [5.74, 6) is 1.11. The third-order valence-corrected chi connectivity index (χ3v) is 5.38. The predicted molar refractivity (Wildman–Crippen MR) is 124 cm³/mol. The Kier molecular flexibility index (Phi) is 5.90. The number of fused-ring (bicyclic) bond motifs is 1. The Morgan fingerprint density at radius 2 is 1.97 bits per heavy atom. The van der Waals surface area contributed by atoms with Crippen LogP contribution in [0.5, 0.6) is 0 Å². The lowest BCUT2D eigenvalue weighted by atomic mass is 10.1. The zero-order chi connectivity index (χ0) is 22.0. The van der Waals surface area contributed by atoms with Crippen molar-refractivity contribution in [2.24, 2.45) is 10.9 Å². The van der Waals surface area contributed by atoms with Crippen LogP contribution in [0.3, 0.4) is 0 Å². The van der Waals surface area contributed by atoms with E-state index in [0.29, 0.717) is 18.0 Å². The predicted octanol–water partition coefficient (Wildman–Crippen LogP) is 3.43. The van der Waals surface area contributed by atoms with E-state index >= 15 is 0 Å². The van der Waals surface area contributed by atoms with Crippen LogP contribution in [0.1, 0.15) is 48.4 Å². The monoisotopic (exact) mass is 419 g/mol. The molecule has 162 valence electrons. The smallest absolute Gasteiger partial charge is 0.251 e. The maximum absolute atomic E-state index is 12.2. The highest BCUT2D eigenvalue weighted by Gasteiger charge is 2.24. The Labute approximate surface area is 182 Å². The third-order valence-electron chi connectivity index (χ3n) is 5.38. The largest absolute Gasteiger partial charge is 0.352 e. The molecule has 3 aromatic rings. The van der Waals surface area contributed by atoms with Gasteiger partial charge in [0.25, 0.3) is 5.91 Å². The fourth-order valence-electron chi connectivity index (χ4n) is 3.66. The van der Waals surface area contributed by atoms with Crippen molar-refractivity contribution in [3.63, 3.8) is 0 Å². The van der Waals surface area contributed by atoms with Crippen LogP contribution in [-0.2, 0) is 6.42 Å². The lowest BCUT2D eigenvalue weighted by Crippen LogP contribution is -2.37. The molecule has 0 radical (unpaired) electrons. The normalized spacial score (nSPS) is 16.1. The van der Waals surface area contributed by atoms with Crippen LogP contribution in [0.4, 0.5) is 5.69 Å². The molecule has 31 heavy (non-hydrogen) atoms. The van der Waals surface area contributed by atoms with Gasteiger partial charge in [0.15, 0.2) is 0 Å². The van der Waals surface area contributed by atoms with Crippen LogP contribution in [0, 0.1) is 5.92 Å². The van der Waals surface area contributed by atoms with Crippen molar-refractivity contribution in [1.82, 2.24) is 25.9 Å². The van der Waals surface area contributed by atoms with E-state index in [2.05, 4.69) is 47.0 Å². The maximum Gasteiger partial charge on any atom is 0.251 e. The van der Waals surface area contributed by atoms with Gasteiger partial charge in [0.05, 0.1) is 11.7 Å². The van der Waals surface area contributed by atoms with Gasteiger partial charge >= 0.3 is 0 Å². The van der Waals surface area contributed by atoms with Gasteiger partial charge in [0.1, 0.15) is 6.17 Å². The number of H-pyrrole nitrogens is 1. The van der Waals surface area contributed by atoms with Crippen molar-refractivity contribution >= 4 is 28.5 Å². The molecule has 1 atom stereocenters. The second kappa shape index (κ2) is 8.77. The number of rotatable bonds is 6. The van der Waals surface area contributed by atoms with Gasteiger partial charge in [-0.3, -0.25) is 14.9 Å². The average molecular weight is 420 g/mol. The summed E-state index contributed by atoms with van der Waals surface area (Å²) < 4.78 is 0. The van der Waals surface area contributed by atoms with Crippen molar-refractivity contribution in [1.29, 1.82) is 0 Å². The maximum atomic E-state index is 12.2. The van der Waals surface area contributed by atoms with Gasteiger partial charge < -0.3 is 10.6 Å². The second-order valence-corrected chi connectivity index (χ2v) is 8.17. The number of aliphatic imine (C=N–C) groups is 1. The molecule has 2 heterocycles. The van der Waals surface area contributed by atoms with E-state index in [4.69, 9.17) is 4.99 Å². The molecule has 0 saturated carbocycles. The lowest BCUT2D eigenvalue weighted by Gasteiger charge is -2.18. The van der Waals surface area contributed by atoms with Crippen LogP contribution < -0.4 is 16.1 Å². The zero-order valence-corrected chi connectivity index (χ0v) is 18.4. The summed E-state index contributed by atoms with van der Waals surface area (Å²) >= 11 is 0. The fraction of sp³-hybridized carbons (Fsp3) is 0.348. The minimum atomic E-state index is -0.219. The van der Waals surface area contributed by atoms with Crippen LogP contribution in [0.2, 0.25) is 0 Å². The Balaban J connectivity index is 1.50. The molecule has 4 rings (SSSR count). The SMILES string of the molecule is CCc1c(NC2=NC(c3ccc(C(=O)NCC(C)C)cc3)NN2C)ccc2[nH]ncc12. The molecule has 0 fully saturated rings. The molecule has 0 spiro atoms. The first kappa shape index (κ1) is 20.9. The highest BCUT2D eigenvalue weighted by Crippen LogP contribution is 2.27. The summed E-state index contributed by atoms with van der Waals surface area (Å²) in [6.07, 6.45) is 2.52. The molecule has 1 aromatic heterocycles. The van der Waals surface area contributed by atoms with E-state index in [1.54, 1.807) is 0 Å². The number of carbonyl (C=O) groups is 1. The number of nitrogens with zero attached hydrogens (tertiary/aromatic N) is 3. The minimum Gasteiger partial charge on any atom is -0.352 e. The average Bonchev–Trinajstić information content (AvgIpc) is 3.39. The minimum absolute atomic E-state index is 0.0515. The van der Waals surface area contributed by atoms with E-state index in [1.807, 2.05) is 54.7 Å². The molecule has 0 bridgehead atoms. The van der Waals surface area contributed by atoms with Crippen LogP contribution in [0.15, 0.2) is 47.6 Å². The van der Waals surface area contributed by atoms with E-state index < -0.39 is 0 Å². The highest BCUT2D eigenvalue weighted by molar-refractivity contribution is 5.98. The van der Waals surface area contributed by atoms with E-state index in [9.17, 15) is 4.79 Å². The molecule has 1 aliphatic heterocycles. The van der Waals surface area contributed by atoms with Gasteiger partial charge in [0, 0.05) is 30.2 Å². The summed E-state index contributed by atoms with van der Waals surface area (Å²) in [6.45, 7) is 6.95. The number of hydrogen-bond acceptors (Lipinski definition) is 6. The Morgan fingerprint density at radius 3 is 2.68 bits per heavy atom. The standard InChI is InChI=1S/C23H29N7O/c1-5-17-18-13-25-28-20(18)11-10-19(17)26-23-27-21(29-30(23)4)15-6-8-16(9-7-15)22(31)24-12-14(2)3/h6-11,13-14,21,29H,5,12H2,1-4H3,(H,24,31)(H,25,28)(H,26,27). The van der Waals surface area contributed by atoms with Gasteiger partial charge in [-0.05, 0) is 47.7 Å².